The summed E-state index contributed by atoms with van der Waals surface area (Å²) in [6, 6.07) is 6.59. The van der Waals surface area contributed by atoms with Crippen LogP contribution in [0.4, 0.5) is 0 Å². The number of methoxy groups -OCH3 is 2. The van der Waals surface area contributed by atoms with Gasteiger partial charge in [-0.3, -0.25) is 9.59 Å². The Balaban J connectivity index is 2.58. The first kappa shape index (κ1) is 12.8. The molecule has 1 aromatic heterocycles. The van der Waals surface area contributed by atoms with Gasteiger partial charge in [0, 0.05) is 11.6 Å². The maximum atomic E-state index is 11.3. The Morgan fingerprint density at radius 2 is 2.00 bits per heavy atom. The van der Waals surface area contributed by atoms with Gasteiger partial charge in [-0.1, -0.05) is 0 Å². The Labute approximate surface area is 109 Å². The summed E-state index contributed by atoms with van der Waals surface area (Å²) in [5, 5.41) is 6.18. The fourth-order valence-corrected chi connectivity index (χ4v) is 1.66. The molecule has 0 saturated carbocycles. The van der Waals surface area contributed by atoms with Gasteiger partial charge in [0.1, 0.15) is 11.5 Å². The maximum Gasteiger partial charge on any atom is 0.274 e. The van der Waals surface area contributed by atoms with Crippen LogP contribution in [0.25, 0.3) is 11.3 Å². The molecule has 2 rings (SSSR count). The minimum absolute atomic E-state index is 0.0165. The first-order chi connectivity index (χ1) is 9.19. The molecule has 0 radical (unpaired) electrons. The minimum Gasteiger partial charge on any atom is -0.497 e. The van der Waals surface area contributed by atoms with Crippen molar-refractivity contribution in [3.8, 4) is 22.8 Å². The monoisotopic (exact) mass is 260 g/mol. The van der Waals surface area contributed by atoms with Crippen LogP contribution in [0.5, 0.6) is 11.5 Å². The third-order valence-corrected chi connectivity index (χ3v) is 2.64. The zero-order valence-electron chi connectivity index (χ0n) is 10.5. The second-order valence-corrected chi connectivity index (χ2v) is 3.72. The molecule has 0 fully saturated rings. The molecule has 1 heterocycles. The van der Waals surface area contributed by atoms with Crippen molar-refractivity contribution in [1.29, 1.82) is 0 Å². The van der Waals surface area contributed by atoms with E-state index in [1.807, 2.05) is 0 Å². The van der Waals surface area contributed by atoms with Crippen molar-refractivity contribution in [2.75, 3.05) is 14.2 Å². The normalized spacial score (nSPS) is 10.0. The number of benzene rings is 1. The van der Waals surface area contributed by atoms with Gasteiger partial charge < -0.3 is 9.47 Å². The van der Waals surface area contributed by atoms with Crippen LogP contribution >= 0.6 is 0 Å². The van der Waals surface area contributed by atoms with E-state index in [0.717, 1.165) is 0 Å². The summed E-state index contributed by atoms with van der Waals surface area (Å²) in [6.45, 7) is 0. The predicted octanol–water partition coefficient (Wildman–Crippen LogP) is 1.27. The molecule has 0 unspecified atom stereocenters. The molecule has 6 heteroatoms. The molecular formula is C13H12N2O4. The second-order valence-electron chi connectivity index (χ2n) is 3.72. The number of aldehydes is 1. The van der Waals surface area contributed by atoms with Crippen molar-refractivity contribution in [3.63, 3.8) is 0 Å². The fraction of sp³-hybridized carbons (Fsp3) is 0.154. The largest absolute Gasteiger partial charge is 0.497 e. The Morgan fingerprint density at radius 1 is 1.21 bits per heavy atom. The van der Waals surface area contributed by atoms with Gasteiger partial charge in [-0.05, 0) is 18.2 Å². The third kappa shape index (κ3) is 2.47. The molecule has 2 aromatic rings. The zero-order valence-corrected chi connectivity index (χ0v) is 10.5. The summed E-state index contributed by atoms with van der Waals surface area (Å²) in [5.41, 5.74) is 0.595. The Morgan fingerprint density at radius 3 is 2.63 bits per heavy atom. The molecule has 0 spiro atoms. The zero-order chi connectivity index (χ0) is 13.8. The van der Waals surface area contributed by atoms with Crippen LogP contribution in [0, 0.1) is 0 Å². The Bertz CT molecular complexity index is 664. The average molecular weight is 260 g/mol. The summed E-state index contributed by atoms with van der Waals surface area (Å²) in [4.78, 5) is 22.1. The highest BCUT2D eigenvalue weighted by atomic mass is 16.5. The van der Waals surface area contributed by atoms with Crippen molar-refractivity contribution in [3.05, 3.63) is 40.2 Å². The van der Waals surface area contributed by atoms with Crippen molar-refractivity contribution >= 4 is 6.29 Å². The topological polar surface area (TPSA) is 81.3 Å². The number of rotatable bonds is 4. The number of hydrogen-bond acceptors (Lipinski definition) is 5. The molecule has 19 heavy (non-hydrogen) atoms. The van der Waals surface area contributed by atoms with E-state index in [4.69, 9.17) is 9.47 Å². The second kappa shape index (κ2) is 5.34. The van der Waals surface area contributed by atoms with Crippen LogP contribution in [-0.2, 0) is 0 Å². The van der Waals surface area contributed by atoms with Crippen LogP contribution in [-0.4, -0.2) is 30.7 Å². The SMILES string of the molecule is COc1ccc(-c2cc(C=O)c(=O)[nH]n2)c(OC)c1. The Kier molecular flexibility index (Phi) is 3.61. The van der Waals surface area contributed by atoms with Gasteiger partial charge in [-0.2, -0.15) is 5.10 Å². The maximum absolute atomic E-state index is 11.3. The number of aromatic amines is 1. The van der Waals surface area contributed by atoms with Crippen molar-refractivity contribution in [2.45, 2.75) is 0 Å². The van der Waals surface area contributed by atoms with Crippen molar-refractivity contribution in [2.24, 2.45) is 0 Å². The summed E-state index contributed by atoms with van der Waals surface area (Å²) in [7, 11) is 3.07. The van der Waals surface area contributed by atoms with Crippen molar-refractivity contribution in [1.82, 2.24) is 10.2 Å². The van der Waals surface area contributed by atoms with E-state index in [9.17, 15) is 9.59 Å². The van der Waals surface area contributed by atoms with Gasteiger partial charge in [0.15, 0.2) is 6.29 Å². The molecule has 6 nitrogen and oxygen atoms in total. The van der Waals surface area contributed by atoms with Gasteiger partial charge in [0.05, 0.1) is 25.5 Å². The molecule has 0 bridgehead atoms. The molecule has 0 saturated heterocycles. The average Bonchev–Trinajstić information content (AvgIpc) is 2.47. The van der Waals surface area contributed by atoms with E-state index in [1.54, 1.807) is 25.3 Å². The summed E-state index contributed by atoms with van der Waals surface area (Å²) in [6.07, 6.45) is 0.486. The number of carbonyl (C=O) groups excluding carboxylic acids is 1. The smallest absolute Gasteiger partial charge is 0.274 e. The van der Waals surface area contributed by atoms with Crippen LogP contribution in [0.3, 0.4) is 0 Å². The number of ether oxygens (including phenoxy) is 2. The van der Waals surface area contributed by atoms with E-state index in [2.05, 4.69) is 10.2 Å². The van der Waals surface area contributed by atoms with Crippen LogP contribution in [0.1, 0.15) is 10.4 Å². The lowest BCUT2D eigenvalue weighted by Crippen LogP contribution is -2.13. The molecule has 0 aliphatic heterocycles. The number of aromatic nitrogens is 2. The van der Waals surface area contributed by atoms with Gasteiger partial charge >= 0.3 is 0 Å². The molecule has 98 valence electrons. The minimum atomic E-state index is -0.522. The van der Waals surface area contributed by atoms with Gasteiger partial charge in [-0.25, -0.2) is 5.10 Å². The van der Waals surface area contributed by atoms with E-state index in [0.29, 0.717) is 29.0 Å². The number of nitrogens with zero attached hydrogens (tertiary/aromatic N) is 1. The molecule has 0 amide bonds. The molecule has 1 aromatic carbocycles. The van der Waals surface area contributed by atoms with Gasteiger partial charge in [0.25, 0.3) is 5.56 Å². The predicted molar refractivity (Wildman–Crippen MR) is 68.8 cm³/mol. The summed E-state index contributed by atoms with van der Waals surface area (Å²) >= 11 is 0. The fourth-order valence-electron chi connectivity index (χ4n) is 1.66. The van der Waals surface area contributed by atoms with Crippen LogP contribution in [0.15, 0.2) is 29.1 Å². The van der Waals surface area contributed by atoms with E-state index >= 15 is 0 Å². The van der Waals surface area contributed by atoms with Crippen LogP contribution < -0.4 is 15.0 Å². The third-order valence-electron chi connectivity index (χ3n) is 2.64. The number of carbonyl (C=O) groups is 1. The highest BCUT2D eigenvalue weighted by molar-refractivity contribution is 5.78. The Hall–Kier alpha value is -2.63. The summed E-state index contributed by atoms with van der Waals surface area (Å²) < 4.78 is 10.3. The quantitative estimate of drug-likeness (QED) is 0.837. The molecule has 0 atom stereocenters. The van der Waals surface area contributed by atoms with Crippen molar-refractivity contribution < 1.29 is 14.3 Å². The standard InChI is InChI=1S/C13H12N2O4/c1-18-9-3-4-10(12(6-9)19-2)11-5-8(7-16)13(17)15-14-11/h3-7H,1-2H3,(H,15,17). The number of H-pyrrole nitrogens is 1. The number of hydrogen-bond donors (Lipinski definition) is 1. The summed E-state index contributed by atoms with van der Waals surface area (Å²) in [5.74, 6) is 1.18. The van der Waals surface area contributed by atoms with Crippen LogP contribution in [0.2, 0.25) is 0 Å². The molecule has 0 aliphatic carbocycles. The van der Waals surface area contributed by atoms with Gasteiger partial charge in [0.2, 0.25) is 0 Å². The highest BCUT2D eigenvalue weighted by Gasteiger charge is 2.11. The first-order valence-corrected chi connectivity index (χ1v) is 5.47. The van der Waals surface area contributed by atoms with Gasteiger partial charge in [-0.15, -0.1) is 0 Å². The lowest BCUT2D eigenvalue weighted by Gasteiger charge is -2.09. The first-order valence-electron chi connectivity index (χ1n) is 5.47. The van der Waals surface area contributed by atoms with E-state index in [1.165, 1.54) is 13.2 Å². The number of nitrogens with one attached hydrogen (secondary N) is 1. The lowest BCUT2D eigenvalue weighted by atomic mass is 10.1. The molecular weight excluding hydrogens is 248 g/mol. The highest BCUT2D eigenvalue weighted by Crippen LogP contribution is 2.31. The van der Waals surface area contributed by atoms with E-state index in [-0.39, 0.29) is 5.56 Å². The van der Waals surface area contributed by atoms with E-state index < -0.39 is 5.56 Å². The lowest BCUT2D eigenvalue weighted by molar-refractivity contribution is 0.112. The molecule has 0 aliphatic rings. The molecule has 1 N–H and O–H groups in total.